The van der Waals surface area contributed by atoms with Crippen LogP contribution in [0.2, 0.25) is 0 Å². The molecule has 0 amide bonds. The predicted molar refractivity (Wildman–Crippen MR) is 182 cm³/mol. The fourth-order valence-corrected chi connectivity index (χ4v) is 6.99. The molecule has 0 atom stereocenters. The summed E-state index contributed by atoms with van der Waals surface area (Å²) >= 11 is 0. The van der Waals surface area contributed by atoms with E-state index in [1.165, 1.54) is 12.1 Å². The molecule has 0 aliphatic carbocycles. The van der Waals surface area contributed by atoms with Crippen LogP contribution < -0.4 is 0 Å². The Kier molecular flexibility index (Phi) is 6.28. The summed E-state index contributed by atoms with van der Waals surface area (Å²) < 4.78 is 46.3. The van der Waals surface area contributed by atoms with Crippen LogP contribution in [0.1, 0.15) is 28.1 Å². The molecule has 4 nitrogen and oxygen atoms in total. The maximum absolute atomic E-state index is 14.1. The number of para-hydroxylation sites is 2. The molecule has 8 rings (SSSR count). The summed E-state index contributed by atoms with van der Waals surface area (Å²) in [4.78, 5) is 4.57. The lowest BCUT2D eigenvalue weighted by atomic mass is 9.99. The Morgan fingerprint density at radius 3 is 1.62 bits per heavy atom. The summed E-state index contributed by atoms with van der Waals surface area (Å²) in [5.74, 6) is 0. The van der Waals surface area contributed by atoms with Gasteiger partial charge in [0.05, 0.1) is 39.0 Å². The molecule has 7 heteroatoms. The quantitative estimate of drug-likeness (QED) is 0.197. The number of fused-ring (bicyclic) bond motifs is 6. The van der Waals surface area contributed by atoms with Gasteiger partial charge >= 0.3 is 6.18 Å². The second-order valence-corrected chi connectivity index (χ2v) is 12.1. The van der Waals surface area contributed by atoms with Gasteiger partial charge in [-0.25, -0.2) is 0 Å². The number of hydrogen-bond donors (Lipinski definition) is 0. The maximum atomic E-state index is 14.1. The molecule has 8 aromatic rings. The van der Waals surface area contributed by atoms with Gasteiger partial charge < -0.3 is 9.13 Å². The fourth-order valence-electron chi connectivity index (χ4n) is 6.99. The lowest BCUT2D eigenvalue weighted by Gasteiger charge is -2.19. The standard InChI is InChI=1S/C40H27F3N4/c1-23-12-14-31-29-8-4-6-10-34(29)46(36(31)16-23)37-19-27(26-17-24(2)45-25(3)18-26)20-38(33(37)22-44)47-35-11-7-5-9-30(35)32-15-13-28(21-39(32)47)40(41,42)43/h4-21H,1-3H3. The van der Waals surface area contributed by atoms with E-state index in [-0.39, 0.29) is 0 Å². The van der Waals surface area contributed by atoms with Gasteiger partial charge in [0.1, 0.15) is 11.6 Å². The van der Waals surface area contributed by atoms with Crippen LogP contribution in [-0.4, -0.2) is 14.1 Å². The van der Waals surface area contributed by atoms with Crippen LogP contribution in [0.3, 0.4) is 0 Å². The maximum Gasteiger partial charge on any atom is 0.416 e. The Morgan fingerprint density at radius 2 is 1.06 bits per heavy atom. The van der Waals surface area contributed by atoms with Crippen LogP contribution >= 0.6 is 0 Å². The van der Waals surface area contributed by atoms with Crippen LogP contribution in [0.15, 0.2) is 109 Å². The molecular weight excluding hydrogens is 593 g/mol. The lowest BCUT2D eigenvalue weighted by Crippen LogP contribution is -2.07. The van der Waals surface area contributed by atoms with Crippen LogP contribution in [0.5, 0.6) is 0 Å². The molecule has 0 fully saturated rings. The number of hydrogen-bond acceptors (Lipinski definition) is 2. The van der Waals surface area contributed by atoms with E-state index in [0.29, 0.717) is 33.4 Å². The van der Waals surface area contributed by atoms with E-state index in [1.54, 1.807) is 0 Å². The Bertz CT molecular complexity index is 2590. The third kappa shape index (κ3) is 4.48. The minimum atomic E-state index is -4.53. The van der Waals surface area contributed by atoms with E-state index in [9.17, 15) is 18.4 Å². The Morgan fingerprint density at radius 1 is 0.574 bits per heavy atom. The van der Waals surface area contributed by atoms with E-state index in [2.05, 4.69) is 39.9 Å². The highest BCUT2D eigenvalue weighted by molar-refractivity contribution is 6.11. The van der Waals surface area contributed by atoms with Crippen molar-refractivity contribution in [3.63, 3.8) is 0 Å². The van der Waals surface area contributed by atoms with Crippen molar-refractivity contribution in [2.24, 2.45) is 0 Å². The highest BCUT2D eigenvalue weighted by atomic mass is 19.4. The van der Waals surface area contributed by atoms with Crippen molar-refractivity contribution in [2.75, 3.05) is 0 Å². The van der Waals surface area contributed by atoms with Crippen LogP contribution in [-0.2, 0) is 6.18 Å². The summed E-state index contributed by atoms with van der Waals surface area (Å²) in [6, 6.07) is 36.1. The van der Waals surface area contributed by atoms with E-state index < -0.39 is 11.7 Å². The number of pyridine rings is 1. The topological polar surface area (TPSA) is 46.5 Å². The number of benzene rings is 5. The Balaban J connectivity index is 1.58. The van der Waals surface area contributed by atoms with E-state index >= 15 is 0 Å². The smallest absolute Gasteiger partial charge is 0.308 e. The average molecular weight is 621 g/mol. The van der Waals surface area contributed by atoms with Crippen molar-refractivity contribution in [3.8, 4) is 28.6 Å². The SMILES string of the molecule is Cc1ccc2c3ccccc3n(-c3cc(-c4cc(C)nc(C)c4)cc(-n4c5ccccc5c5ccc(C(F)(F)F)cc54)c3C#N)c2c1. The predicted octanol–water partition coefficient (Wildman–Crippen LogP) is 10.8. The van der Waals surface area contributed by atoms with Crippen molar-refractivity contribution < 1.29 is 13.2 Å². The summed E-state index contributed by atoms with van der Waals surface area (Å²) in [6.45, 7) is 5.90. The largest absolute Gasteiger partial charge is 0.416 e. The van der Waals surface area contributed by atoms with Crippen molar-refractivity contribution in [3.05, 3.63) is 137 Å². The molecule has 0 aliphatic heterocycles. The van der Waals surface area contributed by atoms with Gasteiger partial charge in [0, 0.05) is 32.9 Å². The first kappa shape index (κ1) is 28.6. The number of nitrogens with zero attached hydrogens (tertiary/aromatic N) is 4. The minimum Gasteiger partial charge on any atom is -0.308 e. The summed E-state index contributed by atoms with van der Waals surface area (Å²) in [5.41, 5.74) is 8.15. The molecule has 0 aliphatic rings. The summed E-state index contributed by atoms with van der Waals surface area (Å²) in [7, 11) is 0. The monoisotopic (exact) mass is 620 g/mol. The Hall–Kier alpha value is -5.87. The molecular formula is C40H27F3N4. The molecule has 0 radical (unpaired) electrons. The normalized spacial score (nSPS) is 12.0. The fraction of sp³-hybridized carbons (Fsp3) is 0.100. The van der Waals surface area contributed by atoms with Gasteiger partial charge in [-0.15, -0.1) is 0 Å². The van der Waals surface area contributed by atoms with Crippen molar-refractivity contribution in [2.45, 2.75) is 26.9 Å². The molecule has 0 N–H and O–H groups in total. The van der Waals surface area contributed by atoms with Gasteiger partial charge in [-0.2, -0.15) is 18.4 Å². The zero-order chi connectivity index (χ0) is 32.6. The zero-order valence-electron chi connectivity index (χ0n) is 25.8. The van der Waals surface area contributed by atoms with Gasteiger partial charge in [-0.1, -0.05) is 54.6 Å². The molecule has 3 aromatic heterocycles. The number of rotatable bonds is 3. The summed E-state index contributed by atoms with van der Waals surface area (Å²) in [6.07, 6.45) is -4.53. The molecule has 3 heterocycles. The highest BCUT2D eigenvalue weighted by Gasteiger charge is 2.31. The zero-order valence-corrected chi connectivity index (χ0v) is 25.8. The second kappa shape index (κ2) is 10.3. The second-order valence-electron chi connectivity index (χ2n) is 12.1. The van der Waals surface area contributed by atoms with Crippen LogP contribution in [0.4, 0.5) is 13.2 Å². The van der Waals surface area contributed by atoms with Crippen molar-refractivity contribution >= 4 is 43.6 Å². The molecule has 0 saturated heterocycles. The first-order chi connectivity index (χ1) is 22.6. The molecule has 0 bridgehead atoms. The van der Waals surface area contributed by atoms with Gasteiger partial charge in [-0.3, -0.25) is 4.98 Å². The molecule has 0 unspecified atom stereocenters. The van der Waals surface area contributed by atoms with Gasteiger partial charge in [-0.05, 0) is 92.1 Å². The third-order valence-electron chi connectivity index (χ3n) is 8.94. The molecule has 228 valence electrons. The van der Waals surface area contributed by atoms with Crippen molar-refractivity contribution in [1.29, 1.82) is 5.26 Å². The highest BCUT2D eigenvalue weighted by Crippen LogP contribution is 2.41. The molecule has 0 spiro atoms. The summed E-state index contributed by atoms with van der Waals surface area (Å²) in [5, 5.41) is 14.6. The average Bonchev–Trinajstić information content (AvgIpc) is 3.55. The number of aromatic nitrogens is 3. The number of nitriles is 1. The number of alkyl halides is 3. The van der Waals surface area contributed by atoms with E-state index in [1.807, 2.05) is 92.1 Å². The van der Waals surface area contributed by atoms with Crippen LogP contribution in [0, 0.1) is 32.1 Å². The Labute approximate surface area is 268 Å². The van der Waals surface area contributed by atoms with E-state index in [4.69, 9.17) is 0 Å². The molecule has 47 heavy (non-hydrogen) atoms. The van der Waals surface area contributed by atoms with Gasteiger partial charge in [0.15, 0.2) is 0 Å². The molecule has 0 saturated carbocycles. The lowest BCUT2D eigenvalue weighted by molar-refractivity contribution is -0.137. The van der Waals surface area contributed by atoms with E-state index in [0.717, 1.165) is 61.3 Å². The first-order valence-corrected chi connectivity index (χ1v) is 15.3. The first-order valence-electron chi connectivity index (χ1n) is 15.3. The number of halogens is 3. The minimum absolute atomic E-state index is 0.348. The van der Waals surface area contributed by atoms with Crippen LogP contribution in [0.25, 0.3) is 66.1 Å². The van der Waals surface area contributed by atoms with Gasteiger partial charge in [0.2, 0.25) is 0 Å². The van der Waals surface area contributed by atoms with Crippen molar-refractivity contribution in [1.82, 2.24) is 14.1 Å². The molecule has 5 aromatic carbocycles. The number of aryl methyl sites for hydroxylation is 3. The third-order valence-corrected chi connectivity index (χ3v) is 8.94. The van der Waals surface area contributed by atoms with Gasteiger partial charge in [0.25, 0.3) is 0 Å².